The Hall–Kier alpha value is -2.30. The van der Waals surface area contributed by atoms with Gasteiger partial charge in [-0.1, -0.05) is 20.8 Å². The number of hydrogen-bond donors (Lipinski definition) is 0. The molecule has 146 valence electrons. The summed E-state index contributed by atoms with van der Waals surface area (Å²) in [7, 11) is 1.66. The highest BCUT2D eigenvalue weighted by Gasteiger charge is 2.28. The highest BCUT2D eigenvalue weighted by Crippen LogP contribution is 2.26. The van der Waals surface area contributed by atoms with Crippen LogP contribution < -0.4 is 4.74 Å². The van der Waals surface area contributed by atoms with Crippen LogP contribution in [0.4, 0.5) is 0 Å². The van der Waals surface area contributed by atoms with Crippen molar-refractivity contribution in [3.63, 3.8) is 0 Å². The van der Waals surface area contributed by atoms with Gasteiger partial charge >= 0.3 is 0 Å². The molecule has 0 radical (unpaired) electrons. The third-order valence-corrected chi connectivity index (χ3v) is 5.16. The van der Waals surface area contributed by atoms with Crippen LogP contribution in [0.25, 0.3) is 5.69 Å². The molecule has 0 N–H and O–H groups in total. The first-order valence-corrected chi connectivity index (χ1v) is 10.1. The zero-order chi connectivity index (χ0) is 19.4. The monoisotopic (exact) mass is 369 g/mol. The fourth-order valence-electron chi connectivity index (χ4n) is 3.80. The summed E-state index contributed by atoms with van der Waals surface area (Å²) in [6.07, 6.45) is 4.99. The average molecular weight is 370 g/mol. The summed E-state index contributed by atoms with van der Waals surface area (Å²) in [4.78, 5) is 15.4. The normalized spacial score (nSPS) is 14.6. The van der Waals surface area contributed by atoms with Gasteiger partial charge in [0.05, 0.1) is 29.7 Å². The minimum atomic E-state index is 0.155. The Labute approximate surface area is 162 Å². The van der Waals surface area contributed by atoms with Crippen molar-refractivity contribution in [3.8, 4) is 11.4 Å². The standard InChI is InChI=1S/C22H31N3O2/c1-5-20-21(22(26)24-13-7-6-8-14-24)19(15-16(2)3)23-25(20)17-9-11-18(27-4)12-10-17/h9-12,16H,5-8,13-15H2,1-4H3. The number of aromatic nitrogens is 2. The Morgan fingerprint density at radius 2 is 1.81 bits per heavy atom. The predicted octanol–water partition coefficient (Wildman–Crippen LogP) is 4.27. The second-order valence-corrected chi connectivity index (χ2v) is 7.68. The molecule has 5 nitrogen and oxygen atoms in total. The average Bonchev–Trinajstić information content (AvgIpc) is 3.05. The van der Waals surface area contributed by atoms with Crippen LogP contribution in [0.2, 0.25) is 0 Å². The van der Waals surface area contributed by atoms with Gasteiger partial charge in [-0.3, -0.25) is 4.79 Å². The lowest BCUT2D eigenvalue weighted by Crippen LogP contribution is -2.36. The topological polar surface area (TPSA) is 47.4 Å². The predicted molar refractivity (Wildman–Crippen MR) is 108 cm³/mol. The van der Waals surface area contributed by atoms with Crippen molar-refractivity contribution in [2.75, 3.05) is 20.2 Å². The lowest BCUT2D eigenvalue weighted by Gasteiger charge is -2.27. The number of carbonyl (C=O) groups excluding carboxylic acids is 1. The number of benzene rings is 1. The first-order chi connectivity index (χ1) is 13.0. The van der Waals surface area contributed by atoms with E-state index in [1.807, 2.05) is 33.8 Å². The zero-order valence-corrected chi connectivity index (χ0v) is 17.0. The van der Waals surface area contributed by atoms with Gasteiger partial charge in [-0.25, -0.2) is 4.68 Å². The molecule has 3 rings (SSSR count). The van der Waals surface area contributed by atoms with Gasteiger partial charge in [0.15, 0.2) is 0 Å². The Bertz CT molecular complexity index is 772. The van der Waals surface area contributed by atoms with Crippen LogP contribution in [0.1, 0.15) is 61.8 Å². The van der Waals surface area contributed by atoms with Crippen molar-refractivity contribution in [3.05, 3.63) is 41.2 Å². The van der Waals surface area contributed by atoms with E-state index in [1.54, 1.807) is 7.11 Å². The van der Waals surface area contributed by atoms with Crippen molar-refractivity contribution < 1.29 is 9.53 Å². The molecule has 0 saturated carbocycles. The van der Waals surface area contributed by atoms with Crippen LogP contribution in [0.5, 0.6) is 5.75 Å². The molecule has 5 heteroatoms. The van der Waals surface area contributed by atoms with E-state index in [-0.39, 0.29) is 5.91 Å². The van der Waals surface area contributed by atoms with Gasteiger partial charge in [-0.05, 0) is 62.3 Å². The summed E-state index contributed by atoms with van der Waals surface area (Å²) in [6.45, 7) is 8.16. The molecular formula is C22H31N3O2. The maximum Gasteiger partial charge on any atom is 0.257 e. The summed E-state index contributed by atoms with van der Waals surface area (Å²) in [5.41, 5.74) is 3.72. The van der Waals surface area contributed by atoms with E-state index in [0.29, 0.717) is 5.92 Å². The van der Waals surface area contributed by atoms with Crippen LogP contribution in [-0.4, -0.2) is 40.8 Å². The fourth-order valence-corrected chi connectivity index (χ4v) is 3.80. The minimum absolute atomic E-state index is 0.155. The Morgan fingerprint density at radius 1 is 1.15 bits per heavy atom. The smallest absolute Gasteiger partial charge is 0.257 e. The number of carbonyl (C=O) groups is 1. The third kappa shape index (κ3) is 4.18. The first-order valence-electron chi connectivity index (χ1n) is 10.1. The number of piperidine rings is 1. The molecule has 1 amide bonds. The number of ether oxygens (including phenoxy) is 1. The molecule has 2 heterocycles. The highest BCUT2D eigenvalue weighted by atomic mass is 16.5. The van der Waals surface area contributed by atoms with Crippen molar-refractivity contribution in [1.29, 1.82) is 0 Å². The second kappa shape index (κ2) is 8.59. The van der Waals surface area contributed by atoms with Gasteiger partial charge in [-0.2, -0.15) is 5.10 Å². The summed E-state index contributed by atoms with van der Waals surface area (Å²) in [5.74, 6) is 1.42. The summed E-state index contributed by atoms with van der Waals surface area (Å²) in [6, 6.07) is 7.87. The van der Waals surface area contributed by atoms with E-state index >= 15 is 0 Å². The van der Waals surface area contributed by atoms with Crippen molar-refractivity contribution in [1.82, 2.24) is 14.7 Å². The number of likely N-dealkylation sites (tertiary alicyclic amines) is 1. The number of rotatable bonds is 6. The zero-order valence-electron chi connectivity index (χ0n) is 17.0. The van der Waals surface area contributed by atoms with Gasteiger partial charge in [0, 0.05) is 13.1 Å². The number of hydrogen-bond acceptors (Lipinski definition) is 3. The maximum absolute atomic E-state index is 13.4. The van der Waals surface area contributed by atoms with Crippen LogP contribution in [0.15, 0.2) is 24.3 Å². The minimum Gasteiger partial charge on any atom is -0.497 e. The number of amides is 1. The molecule has 1 fully saturated rings. The molecule has 0 aliphatic carbocycles. The summed E-state index contributed by atoms with van der Waals surface area (Å²) >= 11 is 0. The van der Waals surface area contributed by atoms with E-state index in [9.17, 15) is 4.79 Å². The Kier molecular flexibility index (Phi) is 6.19. The van der Waals surface area contributed by atoms with E-state index in [0.717, 1.165) is 67.2 Å². The van der Waals surface area contributed by atoms with Gasteiger partial charge in [0.1, 0.15) is 5.75 Å². The maximum atomic E-state index is 13.4. The van der Waals surface area contributed by atoms with Crippen LogP contribution in [0.3, 0.4) is 0 Å². The molecule has 0 atom stereocenters. The second-order valence-electron chi connectivity index (χ2n) is 7.68. The van der Waals surface area contributed by atoms with E-state index in [4.69, 9.17) is 9.84 Å². The third-order valence-electron chi connectivity index (χ3n) is 5.16. The lowest BCUT2D eigenvalue weighted by atomic mass is 10.0. The molecule has 1 aromatic carbocycles. The lowest BCUT2D eigenvalue weighted by molar-refractivity contribution is 0.0722. The van der Waals surface area contributed by atoms with Crippen molar-refractivity contribution in [2.45, 2.75) is 52.9 Å². The molecule has 0 spiro atoms. The first kappa shape index (κ1) is 19.5. The van der Waals surface area contributed by atoms with E-state index in [2.05, 4.69) is 20.8 Å². The molecule has 27 heavy (non-hydrogen) atoms. The summed E-state index contributed by atoms with van der Waals surface area (Å²) in [5, 5.41) is 4.89. The van der Waals surface area contributed by atoms with E-state index in [1.165, 1.54) is 6.42 Å². The Morgan fingerprint density at radius 3 is 2.37 bits per heavy atom. The molecule has 1 saturated heterocycles. The van der Waals surface area contributed by atoms with Crippen LogP contribution in [0, 0.1) is 5.92 Å². The number of nitrogens with zero attached hydrogens (tertiary/aromatic N) is 3. The van der Waals surface area contributed by atoms with Gasteiger partial charge < -0.3 is 9.64 Å². The molecule has 0 bridgehead atoms. The quantitative estimate of drug-likeness (QED) is 0.764. The SMILES string of the molecule is CCc1c(C(=O)N2CCCCC2)c(CC(C)C)nn1-c1ccc(OC)cc1. The molecule has 1 aromatic heterocycles. The largest absolute Gasteiger partial charge is 0.497 e. The van der Waals surface area contributed by atoms with Gasteiger partial charge in [0.25, 0.3) is 5.91 Å². The van der Waals surface area contributed by atoms with Crippen LogP contribution in [-0.2, 0) is 12.8 Å². The fraction of sp³-hybridized carbons (Fsp3) is 0.545. The van der Waals surface area contributed by atoms with Crippen molar-refractivity contribution in [2.24, 2.45) is 5.92 Å². The Balaban J connectivity index is 2.06. The molecule has 1 aliphatic rings. The molecular weight excluding hydrogens is 338 g/mol. The van der Waals surface area contributed by atoms with E-state index < -0.39 is 0 Å². The summed E-state index contributed by atoms with van der Waals surface area (Å²) < 4.78 is 7.22. The molecule has 1 aliphatic heterocycles. The van der Waals surface area contributed by atoms with Crippen LogP contribution >= 0.6 is 0 Å². The van der Waals surface area contributed by atoms with Gasteiger partial charge in [-0.15, -0.1) is 0 Å². The highest BCUT2D eigenvalue weighted by molar-refractivity contribution is 5.96. The van der Waals surface area contributed by atoms with Crippen molar-refractivity contribution >= 4 is 5.91 Å². The number of methoxy groups -OCH3 is 1. The molecule has 2 aromatic rings. The van der Waals surface area contributed by atoms with Gasteiger partial charge in [0.2, 0.25) is 0 Å². The molecule has 0 unspecified atom stereocenters.